The van der Waals surface area contributed by atoms with Gasteiger partial charge in [-0.05, 0) is 12.8 Å². The summed E-state index contributed by atoms with van der Waals surface area (Å²) in [5.41, 5.74) is 5.73. The van der Waals surface area contributed by atoms with Crippen molar-refractivity contribution < 1.29 is 8.42 Å². The van der Waals surface area contributed by atoms with Crippen LogP contribution < -0.4 is 11.1 Å². The lowest BCUT2D eigenvalue weighted by molar-refractivity contribution is 0.530. The molecule has 1 aliphatic rings. The molecule has 1 aliphatic carbocycles. The fraction of sp³-hybridized carbons (Fsp3) is 0.909. The van der Waals surface area contributed by atoms with E-state index in [1.807, 2.05) is 0 Å². The second-order valence-corrected chi connectivity index (χ2v) is 6.99. The van der Waals surface area contributed by atoms with Gasteiger partial charge >= 0.3 is 0 Å². The number of nitrogens with one attached hydrogen (secondary N) is 1. The van der Waals surface area contributed by atoms with Gasteiger partial charge in [-0.3, -0.25) is 4.99 Å². The van der Waals surface area contributed by atoms with Gasteiger partial charge in [0, 0.05) is 12.3 Å². The highest BCUT2D eigenvalue weighted by Crippen LogP contribution is 2.16. The molecule has 0 bridgehead atoms. The third-order valence-corrected chi connectivity index (χ3v) is 3.88. The lowest BCUT2D eigenvalue weighted by Gasteiger charge is -2.16. The predicted molar refractivity (Wildman–Crippen MR) is 70.8 cm³/mol. The van der Waals surface area contributed by atoms with Gasteiger partial charge in [0.2, 0.25) is 0 Å². The summed E-state index contributed by atoms with van der Waals surface area (Å²) >= 11 is 0. The van der Waals surface area contributed by atoms with Gasteiger partial charge in [-0.15, -0.1) is 0 Å². The van der Waals surface area contributed by atoms with E-state index in [1.54, 1.807) is 0 Å². The zero-order chi connectivity index (χ0) is 12.7. The molecular formula is C11H23N3O2S. The maximum atomic E-state index is 10.9. The van der Waals surface area contributed by atoms with Gasteiger partial charge in [0.1, 0.15) is 9.84 Å². The van der Waals surface area contributed by atoms with Crippen LogP contribution in [0.2, 0.25) is 0 Å². The first-order valence-electron chi connectivity index (χ1n) is 6.21. The summed E-state index contributed by atoms with van der Waals surface area (Å²) in [5.74, 6) is 0.431. The number of nitrogens with two attached hydrogens (primary N) is 1. The van der Waals surface area contributed by atoms with Crippen molar-refractivity contribution in [1.29, 1.82) is 0 Å². The van der Waals surface area contributed by atoms with Crippen LogP contribution in [0.1, 0.15) is 38.5 Å². The molecule has 0 radical (unpaired) electrons. The third-order valence-electron chi connectivity index (χ3n) is 2.95. The molecule has 17 heavy (non-hydrogen) atoms. The molecule has 0 heterocycles. The van der Waals surface area contributed by atoms with Gasteiger partial charge in [-0.1, -0.05) is 25.7 Å². The Morgan fingerprint density at radius 1 is 1.29 bits per heavy atom. The molecule has 0 aromatic rings. The lowest BCUT2D eigenvalue weighted by Crippen LogP contribution is -2.40. The Morgan fingerprint density at radius 2 is 1.88 bits per heavy atom. The summed E-state index contributed by atoms with van der Waals surface area (Å²) in [6, 6.07) is 0.402. The molecule has 1 fully saturated rings. The summed E-state index contributed by atoms with van der Waals surface area (Å²) in [5, 5.41) is 3.18. The fourth-order valence-corrected chi connectivity index (χ4v) is 2.43. The number of nitrogens with zero attached hydrogens (tertiary/aromatic N) is 1. The van der Waals surface area contributed by atoms with Gasteiger partial charge in [-0.25, -0.2) is 8.42 Å². The van der Waals surface area contributed by atoms with Gasteiger partial charge < -0.3 is 11.1 Å². The van der Waals surface area contributed by atoms with E-state index in [4.69, 9.17) is 5.73 Å². The number of hydrogen-bond acceptors (Lipinski definition) is 3. The van der Waals surface area contributed by atoms with E-state index in [9.17, 15) is 8.42 Å². The molecule has 1 saturated carbocycles. The van der Waals surface area contributed by atoms with Crippen molar-refractivity contribution in [3.8, 4) is 0 Å². The predicted octanol–water partition coefficient (Wildman–Crippen LogP) is 0.658. The molecule has 0 unspecified atom stereocenters. The molecule has 100 valence electrons. The Balaban J connectivity index is 2.31. The Bertz CT molecular complexity index is 344. The number of rotatable bonds is 4. The number of hydrogen-bond donors (Lipinski definition) is 2. The van der Waals surface area contributed by atoms with Crippen LogP contribution in [0.3, 0.4) is 0 Å². The Morgan fingerprint density at radius 3 is 2.41 bits per heavy atom. The highest BCUT2D eigenvalue weighted by atomic mass is 32.2. The van der Waals surface area contributed by atoms with Gasteiger partial charge in [0.05, 0.1) is 12.3 Å². The fourth-order valence-electron chi connectivity index (χ4n) is 2.01. The van der Waals surface area contributed by atoms with Crippen molar-refractivity contribution in [1.82, 2.24) is 5.32 Å². The molecule has 0 spiro atoms. The van der Waals surface area contributed by atoms with Gasteiger partial charge in [-0.2, -0.15) is 0 Å². The van der Waals surface area contributed by atoms with E-state index in [0.29, 0.717) is 12.0 Å². The summed E-state index contributed by atoms with van der Waals surface area (Å²) in [6.07, 6.45) is 8.51. The summed E-state index contributed by atoms with van der Waals surface area (Å²) in [6.45, 7) is 0.240. The van der Waals surface area contributed by atoms with Crippen molar-refractivity contribution in [3.05, 3.63) is 0 Å². The molecule has 3 N–H and O–H groups in total. The smallest absolute Gasteiger partial charge is 0.188 e. The van der Waals surface area contributed by atoms with Crippen LogP contribution in [0.25, 0.3) is 0 Å². The zero-order valence-corrected chi connectivity index (χ0v) is 11.3. The molecule has 0 aromatic carbocycles. The molecule has 5 nitrogen and oxygen atoms in total. The molecule has 1 rings (SSSR count). The molecular weight excluding hydrogens is 238 g/mol. The van der Waals surface area contributed by atoms with Crippen LogP contribution in [-0.4, -0.2) is 39.0 Å². The summed E-state index contributed by atoms with van der Waals surface area (Å²) < 4.78 is 21.8. The molecule has 0 amide bonds. The van der Waals surface area contributed by atoms with E-state index >= 15 is 0 Å². The normalized spacial score (nSPS) is 19.9. The number of guanidine groups is 1. The zero-order valence-electron chi connectivity index (χ0n) is 10.5. The lowest BCUT2D eigenvalue weighted by atomic mass is 10.1. The summed E-state index contributed by atoms with van der Waals surface area (Å²) in [7, 11) is -2.95. The Hall–Kier alpha value is -0.780. The SMILES string of the molecule is CS(=O)(=O)CCN=C(N)NC1CCCCCC1. The minimum Gasteiger partial charge on any atom is -0.370 e. The highest BCUT2D eigenvalue weighted by Gasteiger charge is 2.12. The molecule has 0 aliphatic heterocycles. The highest BCUT2D eigenvalue weighted by molar-refractivity contribution is 7.90. The van der Waals surface area contributed by atoms with E-state index in [0.717, 1.165) is 12.8 Å². The minimum atomic E-state index is -2.95. The molecule has 0 aromatic heterocycles. The van der Waals surface area contributed by atoms with E-state index in [-0.39, 0.29) is 12.3 Å². The summed E-state index contributed by atoms with van der Waals surface area (Å²) in [4.78, 5) is 4.04. The number of aliphatic imine (C=N–C) groups is 1. The maximum Gasteiger partial charge on any atom is 0.188 e. The van der Waals surface area contributed by atoms with Crippen molar-refractivity contribution >= 4 is 15.8 Å². The second-order valence-electron chi connectivity index (χ2n) is 4.73. The quantitative estimate of drug-likeness (QED) is 0.442. The van der Waals surface area contributed by atoms with Crippen molar-refractivity contribution in [3.63, 3.8) is 0 Å². The largest absolute Gasteiger partial charge is 0.370 e. The Kier molecular flexibility index (Phi) is 5.74. The standard InChI is InChI=1S/C11H23N3O2S/c1-17(15,16)9-8-13-11(12)14-10-6-4-2-3-5-7-10/h10H,2-9H2,1H3,(H3,12,13,14). The monoisotopic (exact) mass is 261 g/mol. The van der Waals surface area contributed by atoms with Gasteiger partial charge in [0.25, 0.3) is 0 Å². The molecule has 0 saturated heterocycles. The van der Waals surface area contributed by atoms with Crippen molar-refractivity contribution in [2.75, 3.05) is 18.6 Å². The van der Waals surface area contributed by atoms with Crippen LogP contribution in [0.15, 0.2) is 4.99 Å². The van der Waals surface area contributed by atoms with Crippen molar-refractivity contribution in [2.45, 2.75) is 44.6 Å². The second kappa shape index (κ2) is 6.83. The average molecular weight is 261 g/mol. The minimum absolute atomic E-state index is 0.0556. The van der Waals surface area contributed by atoms with Crippen molar-refractivity contribution in [2.24, 2.45) is 10.7 Å². The van der Waals surface area contributed by atoms with E-state index in [2.05, 4.69) is 10.3 Å². The average Bonchev–Trinajstić information content (AvgIpc) is 2.44. The Labute approximate surface area is 104 Å². The maximum absolute atomic E-state index is 10.9. The van der Waals surface area contributed by atoms with E-state index < -0.39 is 9.84 Å². The van der Waals surface area contributed by atoms with Gasteiger partial charge in [0.15, 0.2) is 5.96 Å². The first-order valence-corrected chi connectivity index (χ1v) is 8.27. The third kappa shape index (κ3) is 7.20. The van der Waals surface area contributed by atoms with Crippen LogP contribution in [0.5, 0.6) is 0 Å². The molecule has 6 heteroatoms. The first-order chi connectivity index (χ1) is 7.97. The first kappa shape index (κ1) is 14.3. The van der Waals surface area contributed by atoms with Crippen LogP contribution in [0.4, 0.5) is 0 Å². The van der Waals surface area contributed by atoms with Crippen LogP contribution in [0, 0.1) is 0 Å². The van der Waals surface area contributed by atoms with Crippen LogP contribution in [-0.2, 0) is 9.84 Å². The number of sulfone groups is 1. The topological polar surface area (TPSA) is 84.5 Å². The van der Waals surface area contributed by atoms with Crippen LogP contribution >= 0.6 is 0 Å². The molecule has 0 atom stereocenters. The van der Waals surface area contributed by atoms with E-state index in [1.165, 1.54) is 31.9 Å².